The van der Waals surface area contributed by atoms with Gasteiger partial charge in [-0.1, -0.05) is 29.8 Å². The molecule has 0 radical (unpaired) electrons. The van der Waals surface area contributed by atoms with Crippen LogP contribution in [0, 0.1) is 5.82 Å². The Morgan fingerprint density at radius 2 is 1.74 bits per heavy atom. The van der Waals surface area contributed by atoms with E-state index in [2.05, 4.69) is 10.6 Å². The smallest absolute Gasteiger partial charge is 0.251 e. The lowest BCUT2D eigenvalue weighted by molar-refractivity contribution is -0.121. The monoisotopic (exact) mass is 408 g/mol. The van der Waals surface area contributed by atoms with Crippen LogP contribution < -0.4 is 10.6 Å². The standard InChI is InChI=1S/C20H22ClFN2O2S/c21-17-9-7-15(8-10-17)20(26)24-11-3-6-19(25)23-12-13-27-14-16-4-1-2-5-18(16)22/h1-2,4-5,7-10H,3,6,11-14H2,(H,23,25)(H,24,26). The Hall–Kier alpha value is -2.05. The van der Waals surface area contributed by atoms with Crippen molar-refractivity contribution in [2.75, 3.05) is 18.8 Å². The van der Waals surface area contributed by atoms with Crippen LogP contribution in [0.1, 0.15) is 28.8 Å². The van der Waals surface area contributed by atoms with Crippen molar-refractivity contribution in [1.82, 2.24) is 10.6 Å². The number of amides is 2. The van der Waals surface area contributed by atoms with Crippen LogP contribution in [0.25, 0.3) is 0 Å². The van der Waals surface area contributed by atoms with Gasteiger partial charge in [-0.05, 0) is 42.3 Å². The van der Waals surface area contributed by atoms with Gasteiger partial charge < -0.3 is 10.6 Å². The summed E-state index contributed by atoms with van der Waals surface area (Å²) >= 11 is 7.36. The molecule has 0 aliphatic carbocycles. The van der Waals surface area contributed by atoms with Gasteiger partial charge in [-0.2, -0.15) is 11.8 Å². The van der Waals surface area contributed by atoms with E-state index in [-0.39, 0.29) is 17.6 Å². The molecule has 0 heterocycles. The van der Waals surface area contributed by atoms with Crippen molar-refractivity contribution in [2.24, 2.45) is 0 Å². The lowest BCUT2D eigenvalue weighted by Gasteiger charge is -2.07. The minimum absolute atomic E-state index is 0.0535. The number of nitrogens with one attached hydrogen (secondary N) is 2. The molecule has 2 N–H and O–H groups in total. The summed E-state index contributed by atoms with van der Waals surface area (Å²) in [7, 11) is 0. The molecule has 0 unspecified atom stereocenters. The first-order valence-electron chi connectivity index (χ1n) is 8.68. The number of halogens is 2. The Morgan fingerprint density at radius 1 is 1.00 bits per heavy atom. The van der Waals surface area contributed by atoms with Crippen LogP contribution in [0.15, 0.2) is 48.5 Å². The van der Waals surface area contributed by atoms with E-state index >= 15 is 0 Å². The van der Waals surface area contributed by atoms with Crippen molar-refractivity contribution in [3.8, 4) is 0 Å². The molecular formula is C20H22ClFN2O2S. The number of thioether (sulfide) groups is 1. The lowest BCUT2D eigenvalue weighted by atomic mass is 10.2. The van der Waals surface area contributed by atoms with E-state index in [1.807, 2.05) is 6.07 Å². The summed E-state index contributed by atoms with van der Waals surface area (Å²) in [5.74, 6) is 0.862. The van der Waals surface area contributed by atoms with Gasteiger partial charge in [0.05, 0.1) is 0 Å². The molecule has 0 aliphatic rings. The van der Waals surface area contributed by atoms with Gasteiger partial charge in [-0.3, -0.25) is 9.59 Å². The molecule has 0 atom stereocenters. The van der Waals surface area contributed by atoms with Crippen molar-refractivity contribution in [3.05, 3.63) is 70.5 Å². The molecule has 2 aromatic rings. The molecule has 2 aromatic carbocycles. The summed E-state index contributed by atoms with van der Waals surface area (Å²) in [6.07, 6.45) is 0.909. The zero-order valence-corrected chi connectivity index (χ0v) is 16.4. The summed E-state index contributed by atoms with van der Waals surface area (Å²) < 4.78 is 13.5. The molecule has 2 amide bonds. The first-order chi connectivity index (χ1) is 13.1. The Bertz CT molecular complexity index is 756. The molecule has 4 nitrogen and oxygen atoms in total. The van der Waals surface area contributed by atoms with E-state index in [0.29, 0.717) is 53.6 Å². The maximum Gasteiger partial charge on any atom is 0.251 e. The zero-order chi connectivity index (χ0) is 19.5. The molecule has 0 saturated carbocycles. The largest absolute Gasteiger partial charge is 0.355 e. The number of carbonyl (C=O) groups excluding carboxylic acids is 2. The normalized spacial score (nSPS) is 10.4. The first kappa shape index (κ1) is 21.3. The number of rotatable bonds is 10. The summed E-state index contributed by atoms with van der Waals surface area (Å²) in [6, 6.07) is 13.3. The van der Waals surface area contributed by atoms with E-state index < -0.39 is 0 Å². The number of benzene rings is 2. The highest BCUT2D eigenvalue weighted by atomic mass is 35.5. The van der Waals surface area contributed by atoms with Crippen molar-refractivity contribution in [2.45, 2.75) is 18.6 Å². The highest BCUT2D eigenvalue weighted by molar-refractivity contribution is 7.98. The summed E-state index contributed by atoms with van der Waals surface area (Å²) in [6.45, 7) is 0.964. The molecule has 0 aliphatic heterocycles. The predicted octanol–water partition coefficient (Wildman–Crippen LogP) is 4.04. The SMILES string of the molecule is O=C(CCCNC(=O)c1ccc(Cl)cc1)NCCSCc1ccccc1F. The summed E-state index contributed by atoms with van der Waals surface area (Å²) in [5.41, 5.74) is 1.21. The minimum Gasteiger partial charge on any atom is -0.355 e. The third-order valence-electron chi connectivity index (χ3n) is 3.76. The van der Waals surface area contributed by atoms with Gasteiger partial charge in [0.1, 0.15) is 5.82 Å². The number of carbonyl (C=O) groups is 2. The lowest BCUT2D eigenvalue weighted by Crippen LogP contribution is -2.28. The Balaban J connectivity index is 1.51. The Kier molecular flexibility index (Phi) is 9.15. The van der Waals surface area contributed by atoms with Gasteiger partial charge in [0.25, 0.3) is 5.91 Å². The van der Waals surface area contributed by atoms with Gasteiger partial charge in [-0.25, -0.2) is 4.39 Å². The quantitative estimate of drug-likeness (QED) is 0.583. The average molecular weight is 409 g/mol. The summed E-state index contributed by atoms with van der Waals surface area (Å²) in [4.78, 5) is 23.7. The molecule has 0 bridgehead atoms. The zero-order valence-electron chi connectivity index (χ0n) is 14.8. The molecule has 7 heteroatoms. The van der Waals surface area contributed by atoms with Crippen LogP contribution in [0.4, 0.5) is 4.39 Å². The van der Waals surface area contributed by atoms with Crippen molar-refractivity contribution < 1.29 is 14.0 Å². The van der Waals surface area contributed by atoms with Crippen LogP contribution in [-0.2, 0) is 10.5 Å². The fourth-order valence-electron chi connectivity index (χ4n) is 2.30. The van der Waals surface area contributed by atoms with E-state index in [1.54, 1.807) is 48.2 Å². The molecule has 27 heavy (non-hydrogen) atoms. The second kappa shape index (κ2) is 11.6. The van der Waals surface area contributed by atoms with E-state index in [9.17, 15) is 14.0 Å². The van der Waals surface area contributed by atoms with Crippen LogP contribution in [-0.4, -0.2) is 30.7 Å². The Labute approximate surface area is 167 Å². The third-order valence-corrected chi connectivity index (χ3v) is 5.02. The average Bonchev–Trinajstić information content (AvgIpc) is 2.66. The number of hydrogen-bond donors (Lipinski definition) is 2. The third kappa shape index (κ3) is 8.01. The Morgan fingerprint density at radius 3 is 2.48 bits per heavy atom. The first-order valence-corrected chi connectivity index (χ1v) is 10.2. The van der Waals surface area contributed by atoms with Crippen molar-refractivity contribution in [1.29, 1.82) is 0 Å². The fourth-order valence-corrected chi connectivity index (χ4v) is 3.27. The molecule has 2 rings (SSSR count). The van der Waals surface area contributed by atoms with Crippen LogP contribution in [0.5, 0.6) is 0 Å². The second-order valence-electron chi connectivity index (χ2n) is 5.86. The van der Waals surface area contributed by atoms with Crippen LogP contribution >= 0.6 is 23.4 Å². The predicted molar refractivity (Wildman–Crippen MR) is 109 cm³/mol. The van der Waals surface area contributed by atoms with Crippen molar-refractivity contribution >= 4 is 35.2 Å². The molecular weight excluding hydrogens is 387 g/mol. The number of hydrogen-bond acceptors (Lipinski definition) is 3. The molecule has 0 fully saturated rings. The fraction of sp³-hybridized carbons (Fsp3) is 0.300. The highest BCUT2D eigenvalue weighted by Gasteiger charge is 2.06. The van der Waals surface area contributed by atoms with Gasteiger partial charge in [0.2, 0.25) is 5.91 Å². The summed E-state index contributed by atoms with van der Waals surface area (Å²) in [5, 5.41) is 6.18. The molecule has 144 valence electrons. The van der Waals surface area contributed by atoms with Gasteiger partial charge in [0.15, 0.2) is 0 Å². The highest BCUT2D eigenvalue weighted by Crippen LogP contribution is 2.14. The molecule has 0 saturated heterocycles. The maximum absolute atomic E-state index is 13.5. The minimum atomic E-state index is -0.199. The van der Waals surface area contributed by atoms with Crippen LogP contribution in [0.2, 0.25) is 5.02 Å². The van der Waals surface area contributed by atoms with E-state index in [4.69, 9.17) is 11.6 Å². The van der Waals surface area contributed by atoms with Crippen LogP contribution in [0.3, 0.4) is 0 Å². The van der Waals surface area contributed by atoms with Gasteiger partial charge in [-0.15, -0.1) is 0 Å². The van der Waals surface area contributed by atoms with Gasteiger partial charge in [0, 0.05) is 41.6 Å². The topological polar surface area (TPSA) is 58.2 Å². The van der Waals surface area contributed by atoms with Gasteiger partial charge >= 0.3 is 0 Å². The van der Waals surface area contributed by atoms with E-state index in [0.717, 1.165) is 0 Å². The molecule has 0 aromatic heterocycles. The van der Waals surface area contributed by atoms with Crippen molar-refractivity contribution in [3.63, 3.8) is 0 Å². The van der Waals surface area contributed by atoms with E-state index in [1.165, 1.54) is 6.07 Å². The molecule has 0 spiro atoms. The maximum atomic E-state index is 13.5. The second-order valence-corrected chi connectivity index (χ2v) is 7.40.